The Labute approximate surface area is 163 Å². The summed E-state index contributed by atoms with van der Waals surface area (Å²) in [4.78, 5) is 9.16. The molecule has 4 N–H and O–H groups in total. The van der Waals surface area contributed by atoms with E-state index in [2.05, 4.69) is 31.5 Å². The first-order valence-corrected chi connectivity index (χ1v) is 10.7. The van der Waals surface area contributed by atoms with Crippen LogP contribution in [0.3, 0.4) is 0 Å². The summed E-state index contributed by atoms with van der Waals surface area (Å²) in [6, 6.07) is 7.42. The molecule has 0 spiro atoms. The molecule has 2 unspecified atom stereocenters. The zero-order chi connectivity index (χ0) is 19.7. The van der Waals surface area contributed by atoms with Gasteiger partial charge < -0.3 is 5.73 Å². The van der Waals surface area contributed by atoms with Crippen LogP contribution in [0.5, 0.6) is 0 Å². The quantitative estimate of drug-likeness (QED) is 0.585. The van der Waals surface area contributed by atoms with Crippen molar-refractivity contribution in [3.63, 3.8) is 0 Å². The second-order valence-corrected chi connectivity index (χ2v) is 8.76. The van der Waals surface area contributed by atoms with Crippen LogP contribution in [0.4, 0.5) is 5.69 Å². The Morgan fingerprint density at radius 2 is 2.21 bits per heavy atom. The van der Waals surface area contributed by atoms with E-state index in [9.17, 15) is 8.42 Å². The monoisotopic (exact) mass is 398 g/mol. The minimum absolute atomic E-state index is 0.227. The van der Waals surface area contributed by atoms with Crippen LogP contribution in [0.25, 0.3) is 11.0 Å². The van der Waals surface area contributed by atoms with Gasteiger partial charge in [-0.15, -0.1) is 0 Å². The zero-order valence-electron chi connectivity index (χ0n) is 15.3. The number of anilines is 1. The van der Waals surface area contributed by atoms with Crippen molar-refractivity contribution in [2.24, 2.45) is 5.73 Å². The van der Waals surface area contributed by atoms with Gasteiger partial charge >= 0.3 is 0 Å². The number of aromatic amines is 1. The molecule has 8 nitrogen and oxygen atoms in total. The molecule has 0 saturated heterocycles. The molecule has 2 aromatic heterocycles. The molecule has 1 aromatic carbocycles. The first kappa shape index (κ1) is 18.6. The fourth-order valence-corrected chi connectivity index (χ4v) is 4.14. The largest absolute Gasteiger partial charge is 0.328 e. The maximum absolute atomic E-state index is 11.7. The van der Waals surface area contributed by atoms with Gasteiger partial charge in [0.05, 0.1) is 11.1 Å². The van der Waals surface area contributed by atoms with Crippen molar-refractivity contribution in [3.8, 4) is 0 Å². The summed E-state index contributed by atoms with van der Waals surface area (Å²) < 4.78 is 25.8. The molecule has 3 aromatic rings. The fraction of sp³-hybridized carbons (Fsp3) is 0.316. The van der Waals surface area contributed by atoms with Crippen molar-refractivity contribution < 1.29 is 8.42 Å². The van der Waals surface area contributed by atoms with Crippen LogP contribution in [0.15, 0.2) is 42.4 Å². The Kier molecular flexibility index (Phi) is 4.86. The van der Waals surface area contributed by atoms with Gasteiger partial charge in [-0.05, 0) is 37.0 Å². The number of benzene rings is 1. The lowest BCUT2D eigenvalue weighted by Crippen LogP contribution is -2.14. The Hall–Kier alpha value is -2.78. The van der Waals surface area contributed by atoms with Crippen molar-refractivity contribution in [3.05, 3.63) is 59.5 Å². The van der Waals surface area contributed by atoms with Gasteiger partial charge in [-0.1, -0.05) is 18.7 Å². The first-order chi connectivity index (χ1) is 13.4. The zero-order valence-corrected chi connectivity index (χ0v) is 16.1. The van der Waals surface area contributed by atoms with Crippen molar-refractivity contribution in [1.82, 2.24) is 20.2 Å². The molecule has 9 heteroatoms. The molecule has 4 rings (SSSR count). The summed E-state index contributed by atoms with van der Waals surface area (Å²) in [6.45, 7) is 3.30. The SMILES string of the molecule is C=CS(=O)(=O)Nc1cccc(Cc2[nH]nc3nc(C4CCC(N)C4)ncc23)c1. The molecular formula is C19H22N6O2S. The average molecular weight is 398 g/mol. The van der Waals surface area contributed by atoms with Gasteiger partial charge in [0, 0.05) is 35.7 Å². The van der Waals surface area contributed by atoms with Crippen LogP contribution >= 0.6 is 0 Å². The minimum Gasteiger partial charge on any atom is -0.328 e. The maximum atomic E-state index is 11.7. The summed E-state index contributed by atoms with van der Waals surface area (Å²) in [7, 11) is -3.54. The molecule has 2 atom stereocenters. The predicted molar refractivity (Wildman–Crippen MR) is 108 cm³/mol. The fourth-order valence-electron chi connectivity index (χ4n) is 3.60. The number of fused-ring (bicyclic) bond motifs is 1. The number of H-pyrrole nitrogens is 1. The van der Waals surface area contributed by atoms with Crippen LogP contribution < -0.4 is 10.5 Å². The summed E-state index contributed by atoms with van der Waals surface area (Å²) in [6.07, 6.45) is 5.29. The highest BCUT2D eigenvalue weighted by Crippen LogP contribution is 2.32. The number of hydrogen-bond acceptors (Lipinski definition) is 6. The number of nitrogens with zero attached hydrogens (tertiary/aromatic N) is 3. The molecule has 1 saturated carbocycles. The first-order valence-electron chi connectivity index (χ1n) is 9.13. The third-order valence-corrected chi connectivity index (χ3v) is 5.99. The van der Waals surface area contributed by atoms with Crippen LogP contribution in [-0.2, 0) is 16.4 Å². The molecule has 1 fully saturated rings. The molecule has 0 bridgehead atoms. The van der Waals surface area contributed by atoms with Crippen molar-refractivity contribution in [2.75, 3.05) is 4.72 Å². The molecule has 146 valence electrons. The van der Waals surface area contributed by atoms with Gasteiger partial charge in [-0.3, -0.25) is 9.82 Å². The van der Waals surface area contributed by atoms with Crippen LogP contribution in [0.1, 0.15) is 42.3 Å². The van der Waals surface area contributed by atoms with E-state index in [0.29, 0.717) is 23.7 Å². The minimum atomic E-state index is -3.54. The van der Waals surface area contributed by atoms with E-state index in [0.717, 1.165) is 47.1 Å². The number of rotatable bonds is 6. The number of hydrogen-bond donors (Lipinski definition) is 3. The third kappa shape index (κ3) is 3.90. The lowest BCUT2D eigenvalue weighted by molar-refractivity contribution is 0.609. The van der Waals surface area contributed by atoms with Crippen LogP contribution in [0.2, 0.25) is 0 Å². The summed E-state index contributed by atoms with van der Waals surface area (Å²) in [5, 5.41) is 9.11. The van der Waals surface area contributed by atoms with Gasteiger partial charge in [0.2, 0.25) is 0 Å². The van der Waals surface area contributed by atoms with Crippen LogP contribution in [0, 0.1) is 0 Å². The van der Waals surface area contributed by atoms with Gasteiger partial charge in [0.1, 0.15) is 5.82 Å². The lowest BCUT2D eigenvalue weighted by Gasteiger charge is -2.08. The average Bonchev–Trinajstić information content (AvgIpc) is 3.28. The molecule has 0 radical (unpaired) electrons. The van der Waals surface area contributed by atoms with E-state index < -0.39 is 10.0 Å². The number of nitrogens with one attached hydrogen (secondary N) is 2. The number of nitrogens with two attached hydrogens (primary N) is 1. The molecule has 1 aliphatic carbocycles. The van der Waals surface area contributed by atoms with E-state index in [1.807, 2.05) is 12.3 Å². The van der Waals surface area contributed by atoms with Gasteiger partial charge in [-0.2, -0.15) is 5.10 Å². The Morgan fingerprint density at radius 1 is 1.36 bits per heavy atom. The predicted octanol–water partition coefficient (Wildman–Crippen LogP) is 2.42. The van der Waals surface area contributed by atoms with E-state index in [1.165, 1.54) is 0 Å². The number of sulfonamides is 1. The van der Waals surface area contributed by atoms with Crippen molar-refractivity contribution in [1.29, 1.82) is 0 Å². The van der Waals surface area contributed by atoms with Gasteiger partial charge in [0.25, 0.3) is 10.0 Å². The van der Waals surface area contributed by atoms with E-state index in [4.69, 9.17) is 5.73 Å². The smallest absolute Gasteiger partial charge is 0.254 e. The molecule has 1 aliphatic rings. The Balaban J connectivity index is 1.56. The van der Waals surface area contributed by atoms with E-state index >= 15 is 0 Å². The van der Waals surface area contributed by atoms with Gasteiger partial charge in [-0.25, -0.2) is 18.4 Å². The highest BCUT2D eigenvalue weighted by atomic mass is 32.2. The molecule has 28 heavy (non-hydrogen) atoms. The topological polar surface area (TPSA) is 127 Å². The van der Waals surface area contributed by atoms with Gasteiger partial charge in [0.15, 0.2) is 5.65 Å². The normalized spacial score (nSPS) is 19.8. The second kappa shape index (κ2) is 7.33. The summed E-state index contributed by atoms with van der Waals surface area (Å²) in [5.41, 5.74) is 8.94. The number of aromatic nitrogens is 4. The molecule has 0 aliphatic heterocycles. The molecular weight excluding hydrogens is 376 g/mol. The lowest BCUT2D eigenvalue weighted by atomic mass is 10.1. The summed E-state index contributed by atoms with van der Waals surface area (Å²) >= 11 is 0. The third-order valence-electron chi connectivity index (χ3n) is 5.03. The van der Waals surface area contributed by atoms with Crippen molar-refractivity contribution in [2.45, 2.75) is 37.6 Å². The van der Waals surface area contributed by atoms with E-state index in [1.54, 1.807) is 18.2 Å². The molecule has 0 amide bonds. The van der Waals surface area contributed by atoms with E-state index in [-0.39, 0.29) is 6.04 Å². The maximum Gasteiger partial charge on any atom is 0.254 e. The van der Waals surface area contributed by atoms with Crippen molar-refractivity contribution >= 4 is 26.7 Å². The Morgan fingerprint density at radius 3 is 2.96 bits per heavy atom. The second-order valence-electron chi connectivity index (χ2n) is 7.13. The Bertz CT molecular complexity index is 1120. The molecule has 2 heterocycles. The van der Waals surface area contributed by atoms with Crippen LogP contribution in [-0.4, -0.2) is 34.6 Å². The highest BCUT2D eigenvalue weighted by molar-refractivity contribution is 7.95. The summed E-state index contributed by atoms with van der Waals surface area (Å²) in [5.74, 6) is 1.11. The standard InChI is InChI=1S/C19H22N6O2S/c1-2-28(26,27)25-15-5-3-4-12(8-15)9-17-16-11-21-18(22-19(16)24-23-17)13-6-7-14(20)10-13/h2-5,8,11,13-14,25H,1,6-7,9-10,20H2,(H,21,22,23,24). The highest BCUT2D eigenvalue weighted by Gasteiger charge is 2.26.